The van der Waals surface area contributed by atoms with Gasteiger partial charge in [-0.25, -0.2) is 0 Å². The fourth-order valence-corrected chi connectivity index (χ4v) is 1.95. The lowest BCUT2D eigenvalue weighted by atomic mass is 9.75. The van der Waals surface area contributed by atoms with Crippen LogP contribution in [0.15, 0.2) is 22.3 Å². The zero-order chi connectivity index (χ0) is 10.2. The van der Waals surface area contributed by atoms with E-state index in [-0.39, 0.29) is 0 Å². The minimum Gasteiger partial charge on any atom is -0.0695 e. The number of hydrogen-bond acceptors (Lipinski definition) is 0. The Kier molecular flexibility index (Phi) is 2.70. The molecule has 0 heteroatoms. The molecule has 0 unspecified atom stereocenters. The lowest BCUT2D eigenvalue weighted by Crippen LogP contribution is -2.15. The zero-order valence-electron chi connectivity index (χ0n) is 9.78. The van der Waals surface area contributed by atoms with Crippen molar-refractivity contribution in [3.05, 3.63) is 28.7 Å². The van der Waals surface area contributed by atoms with Crippen LogP contribution in [0.1, 0.15) is 48.0 Å². The predicted molar refractivity (Wildman–Crippen MR) is 59.4 cm³/mol. The van der Waals surface area contributed by atoms with Crippen LogP contribution in [0.25, 0.3) is 0 Å². The van der Waals surface area contributed by atoms with Crippen LogP contribution in [0.3, 0.4) is 0 Å². The van der Waals surface area contributed by atoms with E-state index in [1.165, 1.54) is 22.3 Å². The number of allylic oxidation sites excluding steroid dienone is 4. The Hall–Kier alpha value is -0.520. The molecule has 13 heavy (non-hydrogen) atoms. The Morgan fingerprint density at radius 2 is 1.54 bits per heavy atom. The van der Waals surface area contributed by atoms with E-state index in [1.54, 1.807) is 0 Å². The summed E-state index contributed by atoms with van der Waals surface area (Å²) in [5, 5.41) is 0. The van der Waals surface area contributed by atoms with Gasteiger partial charge in [-0.1, -0.05) is 31.9 Å². The molecule has 0 saturated carbocycles. The molecule has 0 aliphatic heterocycles. The molecule has 0 aromatic heterocycles. The summed E-state index contributed by atoms with van der Waals surface area (Å²) in [5.74, 6) is 0. The van der Waals surface area contributed by atoms with Crippen molar-refractivity contribution in [1.82, 2.24) is 0 Å². The van der Waals surface area contributed by atoms with E-state index in [1.807, 2.05) is 0 Å². The summed E-state index contributed by atoms with van der Waals surface area (Å²) in [5.41, 5.74) is 6.32. The molecule has 0 saturated heterocycles. The maximum Gasteiger partial charge on any atom is -0.00857 e. The predicted octanol–water partition coefficient (Wildman–Crippen LogP) is 4.29. The summed E-state index contributed by atoms with van der Waals surface area (Å²) in [7, 11) is 0. The first-order valence-electron chi connectivity index (χ1n) is 5.05. The smallest absolute Gasteiger partial charge is 0.00857 e. The van der Waals surface area contributed by atoms with Crippen LogP contribution in [0.2, 0.25) is 0 Å². The second-order valence-electron chi connectivity index (χ2n) is 5.10. The van der Waals surface area contributed by atoms with E-state index < -0.39 is 0 Å². The molecule has 0 fully saturated rings. The van der Waals surface area contributed by atoms with Gasteiger partial charge in [-0.3, -0.25) is 0 Å². The number of hydrogen-bond donors (Lipinski definition) is 0. The van der Waals surface area contributed by atoms with Gasteiger partial charge >= 0.3 is 0 Å². The van der Waals surface area contributed by atoms with E-state index in [2.05, 4.69) is 48.0 Å². The molecule has 0 N–H and O–H groups in total. The van der Waals surface area contributed by atoms with Gasteiger partial charge in [0.25, 0.3) is 0 Å². The van der Waals surface area contributed by atoms with Crippen LogP contribution in [-0.4, -0.2) is 0 Å². The molecule has 1 aliphatic rings. The van der Waals surface area contributed by atoms with E-state index in [9.17, 15) is 0 Å². The van der Waals surface area contributed by atoms with Gasteiger partial charge in [0.1, 0.15) is 0 Å². The van der Waals surface area contributed by atoms with Crippen molar-refractivity contribution in [1.29, 1.82) is 0 Å². The molecular formula is C13H21. The van der Waals surface area contributed by atoms with Gasteiger partial charge in [0, 0.05) is 0 Å². The van der Waals surface area contributed by atoms with Gasteiger partial charge in [0.15, 0.2) is 0 Å². The highest BCUT2D eigenvalue weighted by atomic mass is 14.3. The van der Waals surface area contributed by atoms with Gasteiger partial charge in [-0.2, -0.15) is 0 Å². The highest BCUT2D eigenvalue weighted by Crippen LogP contribution is 2.38. The first-order chi connectivity index (χ1) is 5.84. The maximum atomic E-state index is 2.39. The SMILES string of the molecule is CC1=C(C)C(C)=C(C(C)(C)C)[CH]C1. The minimum atomic E-state index is 0.298. The molecule has 0 nitrogen and oxygen atoms in total. The van der Waals surface area contributed by atoms with Crippen LogP contribution >= 0.6 is 0 Å². The molecule has 1 aliphatic carbocycles. The molecule has 0 aromatic rings. The molecule has 0 atom stereocenters. The normalized spacial score (nSPS) is 19.8. The summed E-state index contributed by atoms with van der Waals surface area (Å²) in [4.78, 5) is 0. The van der Waals surface area contributed by atoms with Gasteiger partial charge in [-0.15, -0.1) is 0 Å². The average Bonchev–Trinajstić information content (AvgIpc) is 1.98. The highest BCUT2D eigenvalue weighted by Gasteiger charge is 2.23. The molecular weight excluding hydrogens is 156 g/mol. The van der Waals surface area contributed by atoms with E-state index in [0.717, 1.165) is 6.42 Å². The van der Waals surface area contributed by atoms with Crippen molar-refractivity contribution in [3.63, 3.8) is 0 Å². The van der Waals surface area contributed by atoms with Crippen molar-refractivity contribution in [2.75, 3.05) is 0 Å². The maximum absolute atomic E-state index is 2.39. The van der Waals surface area contributed by atoms with Crippen molar-refractivity contribution < 1.29 is 0 Å². The average molecular weight is 177 g/mol. The standard InChI is InChI=1S/C13H21/c1-9-7-8-12(13(4,5)6)11(3)10(9)2/h8H,7H2,1-6H3. The molecule has 0 amide bonds. The highest BCUT2D eigenvalue weighted by molar-refractivity contribution is 5.45. The molecule has 1 rings (SSSR count). The first kappa shape index (κ1) is 10.6. The summed E-state index contributed by atoms with van der Waals surface area (Å²) >= 11 is 0. The lowest BCUT2D eigenvalue weighted by molar-refractivity contribution is 0.499. The second kappa shape index (κ2) is 3.32. The van der Waals surface area contributed by atoms with Crippen LogP contribution in [0, 0.1) is 11.8 Å². The van der Waals surface area contributed by atoms with E-state index in [0.29, 0.717) is 5.41 Å². The van der Waals surface area contributed by atoms with Crippen molar-refractivity contribution in [3.8, 4) is 0 Å². The molecule has 0 spiro atoms. The molecule has 1 radical (unpaired) electrons. The Balaban J connectivity index is 3.13. The Morgan fingerprint density at radius 3 is 2.00 bits per heavy atom. The van der Waals surface area contributed by atoms with Crippen molar-refractivity contribution in [2.24, 2.45) is 5.41 Å². The fourth-order valence-electron chi connectivity index (χ4n) is 1.95. The van der Waals surface area contributed by atoms with Crippen LogP contribution in [0.4, 0.5) is 0 Å². The van der Waals surface area contributed by atoms with Crippen LogP contribution in [-0.2, 0) is 0 Å². The van der Waals surface area contributed by atoms with Crippen LogP contribution < -0.4 is 0 Å². The topological polar surface area (TPSA) is 0 Å². The van der Waals surface area contributed by atoms with Crippen LogP contribution in [0.5, 0.6) is 0 Å². The van der Waals surface area contributed by atoms with E-state index in [4.69, 9.17) is 0 Å². The second-order valence-corrected chi connectivity index (χ2v) is 5.10. The Bertz CT molecular complexity index is 269. The monoisotopic (exact) mass is 177 g/mol. The van der Waals surface area contributed by atoms with Gasteiger partial charge < -0.3 is 0 Å². The van der Waals surface area contributed by atoms with E-state index >= 15 is 0 Å². The summed E-state index contributed by atoms with van der Waals surface area (Å²) in [6, 6.07) is 0. The summed E-state index contributed by atoms with van der Waals surface area (Å²) in [6.07, 6.45) is 3.52. The summed E-state index contributed by atoms with van der Waals surface area (Å²) in [6.45, 7) is 13.6. The van der Waals surface area contributed by atoms with Crippen molar-refractivity contribution >= 4 is 0 Å². The Morgan fingerprint density at radius 1 is 1.00 bits per heavy atom. The first-order valence-corrected chi connectivity index (χ1v) is 5.05. The quantitative estimate of drug-likeness (QED) is 0.517. The summed E-state index contributed by atoms with van der Waals surface area (Å²) < 4.78 is 0. The molecule has 0 heterocycles. The minimum absolute atomic E-state index is 0.298. The fraction of sp³-hybridized carbons (Fsp3) is 0.615. The third-order valence-corrected chi connectivity index (χ3v) is 3.03. The van der Waals surface area contributed by atoms with Gasteiger partial charge in [-0.05, 0) is 50.2 Å². The third kappa shape index (κ3) is 2.04. The molecule has 0 aromatic carbocycles. The van der Waals surface area contributed by atoms with Gasteiger partial charge in [0.2, 0.25) is 0 Å². The zero-order valence-corrected chi connectivity index (χ0v) is 9.78. The molecule has 73 valence electrons. The molecule has 0 bridgehead atoms. The Labute approximate surface area is 82.7 Å². The van der Waals surface area contributed by atoms with Gasteiger partial charge in [0.05, 0.1) is 0 Å². The largest absolute Gasteiger partial charge is 0.0695 e. The van der Waals surface area contributed by atoms with Crippen molar-refractivity contribution in [2.45, 2.75) is 48.0 Å². The lowest BCUT2D eigenvalue weighted by Gasteiger charge is -2.30. The number of rotatable bonds is 0. The third-order valence-electron chi connectivity index (χ3n) is 3.03.